The third-order valence-corrected chi connectivity index (χ3v) is 3.25. The molecule has 1 aromatic rings. The molecule has 0 saturated heterocycles. The highest BCUT2D eigenvalue weighted by Gasteiger charge is 2.15. The van der Waals surface area contributed by atoms with Crippen molar-refractivity contribution < 1.29 is 14.3 Å². The van der Waals surface area contributed by atoms with Crippen molar-refractivity contribution in [2.75, 3.05) is 0 Å². The molecule has 1 unspecified atom stereocenters. The molecule has 0 aliphatic carbocycles. The fourth-order valence-electron chi connectivity index (χ4n) is 1.90. The van der Waals surface area contributed by atoms with Gasteiger partial charge in [-0.05, 0) is 30.7 Å². The van der Waals surface area contributed by atoms with Crippen LogP contribution in [0.25, 0.3) is 0 Å². The normalized spacial score (nSPS) is 11.9. The van der Waals surface area contributed by atoms with E-state index in [1.165, 1.54) is 12.8 Å². The van der Waals surface area contributed by atoms with Gasteiger partial charge in [-0.3, -0.25) is 9.59 Å². The lowest BCUT2D eigenvalue weighted by Gasteiger charge is -2.11. The molecular weight excluding hydrogens is 254 g/mol. The van der Waals surface area contributed by atoms with Gasteiger partial charge in [0.15, 0.2) is 0 Å². The Morgan fingerprint density at radius 1 is 1.15 bits per heavy atom. The van der Waals surface area contributed by atoms with Crippen molar-refractivity contribution >= 4 is 11.9 Å². The molecule has 1 amide bonds. The number of ether oxygens (including phenoxy) is 1. The maximum atomic E-state index is 11.9. The quantitative estimate of drug-likeness (QED) is 0.450. The lowest BCUT2D eigenvalue weighted by atomic mass is 10.0. The fourth-order valence-corrected chi connectivity index (χ4v) is 1.90. The third kappa shape index (κ3) is 5.43. The molecule has 20 heavy (non-hydrogen) atoms. The second-order valence-electron chi connectivity index (χ2n) is 5.06. The minimum atomic E-state index is -0.493. The summed E-state index contributed by atoms with van der Waals surface area (Å²) in [6, 6.07) is 6.28. The number of carbonyl (C=O) groups excluding carboxylic acids is 2. The molecule has 0 saturated carbocycles. The Bertz CT molecular complexity index is 440. The summed E-state index contributed by atoms with van der Waals surface area (Å²) >= 11 is 0. The Kier molecular flexibility index (Phi) is 6.77. The molecule has 2 N–H and O–H groups in total. The summed E-state index contributed by atoms with van der Waals surface area (Å²) in [5.74, 6) is -0.386. The zero-order valence-corrected chi connectivity index (χ0v) is 12.2. The van der Waals surface area contributed by atoms with Gasteiger partial charge in [-0.15, -0.1) is 0 Å². The van der Waals surface area contributed by atoms with Crippen LogP contribution < -0.4 is 10.5 Å². The van der Waals surface area contributed by atoms with Crippen LogP contribution in [0, 0.1) is 5.92 Å². The highest BCUT2D eigenvalue weighted by Crippen LogP contribution is 2.16. The number of primary amides is 1. The summed E-state index contributed by atoms with van der Waals surface area (Å²) in [5, 5.41) is 0. The summed E-state index contributed by atoms with van der Waals surface area (Å²) in [6.45, 7) is 4.04. The summed E-state index contributed by atoms with van der Waals surface area (Å²) in [6.07, 6.45) is 5.44. The summed E-state index contributed by atoms with van der Waals surface area (Å²) < 4.78 is 5.28. The Balaban J connectivity index is 2.42. The fraction of sp³-hybridized carbons (Fsp3) is 0.500. The molecule has 0 aliphatic rings. The minimum Gasteiger partial charge on any atom is -0.426 e. The van der Waals surface area contributed by atoms with E-state index in [1.807, 2.05) is 6.92 Å². The topological polar surface area (TPSA) is 69.4 Å². The second-order valence-corrected chi connectivity index (χ2v) is 5.06. The van der Waals surface area contributed by atoms with E-state index in [9.17, 15) is 9.59 Å². The van der Waals surface area contributed by atoms with Gasteiger partial charge >= 0.3 is 5.97 Å². The Morgan fingerprint density at radius 3 is 2.35 bits per heavy atom. The van der Waals surface area contributed by atoms with Gasteiger partial charge in [0.05, 0.1) is 5.92 Å². The van der Waals surface area contributed by atoms with Crippen molar-refractivity contribution in [3.8, 4) is 5.75 Å². The molecule has 0 spiro atoms. The van der Waals surface area contributed by atoms with Crippen molar-refractivity contribution in [1.29, 1.82) is 0 Å². The number of carbonyl (C=O) groups is 2. The predicted molar refractivity (Wildman–Crippen MR) is 78.5 cm³/mol. The third-order valence-electron chi connectivity index (χ3n) is 3.25. The number of esters is 1. The number of hydrogen-bond acceptors (Lipinski definition) is 3. The largest absolute Gasteiger partial charge is 0.426 e. The van der Waals surface area contributed by atoms with Gasteiger partial charge in [-0.25, -0.2) is 0 Å². The Hall–Kier alpha value is -1.84. The van der Waals surface area contributed by atoms with E-state index in [-0.39, 0.29) is 11.9 Å². The van der Waals surface area contributed by atoms with E-state index in [0.29, 0.717) is 11.3 Å². The van der Waals surface area contributed by atoms with Crippen molar-refractivity contribution in [2.24, 2.45) is 11.7 Å². The van der Waals surface area contributed by atoms with E-state index in [0.717, 1.165) is 19.3 Å². The molecule has 1 rings (SSSR count). The second kappa shape index (κ2) is 8.35. The van der Waals surface area contributed by atoms with Crippen molar-refractivity contribution in [2.45, 2.75) is 46.0 Å². The lowest BCUT2D eigenvalue weighted by Crippen LogP contribution is -2.18. The van der Waals surface area contributed by atoms with Crippen LogP contribution >= 0.6 is 0 Å². The molecule has 4 nitrogen and oxygen atoms in total. The molecule has 1 atom stereocenters. The van der Waals surface area contributed by atoms with Crippen LogP contribution in [0.2, 0.25) is 0 Å². The maximum absolute atomic E-state index is 11.9. The minimum absolute atomic E-state index is 0.109. The first-order chi connectivity index (χ1) is 9.54. The molecule has 0 fully saturated rings. The summed E-state index contributed by atoms with van der Waals surface area (Å²) in [4.78, 5) is 22.8. The van der Waals surface area contributed by atoms with Gasteiger partial charge in [0.1, 0.15) is 5.75 Å². The molecular formula is C16H23NO3. The molecule has 4 heteroatoms. The zero-order valence-electron chi connectivity index (χ0n) is 12.2. The van der Waals surface area contributed by atoms with Gasteiger partial charge in [-0.1, -0.05) is 39.5 Å². The smallest absolute Gasteiger partial charge is 0.314 e. The average Bonchev–Trinajstić information content (AvgIpc) is 2.44. The SMILES string of the molecule is CCCCCCC(C)C(=O)Oc1ccc(C(N)=O)cc1. The molecule has 1 aromatic carbocycles. The summed E-state index contributed by atoms with van der Waals surface area (Å²) in [7, 11) is 0. The lowest BCUT2D eigenvalue weighted by molar-refractivity contribution is -0.138. The van der Waals surface area contributed by atoms with Crippen LogP contribution in [0.5, 0.6) is 5.75 Å². The first-order valence-electron chi connectivity index (χ1n) is 7.16. The van der Waals surface area contributed by atoms with Gasteiger partial charge < -0.3 is 10.5 Å². The van der Waals surface area contributed by atoms with Crippen LogP contribution in [-0.4, -0.2) is 11.9 Å². The monoisotopic (exact) mass is 277 g/mol. The van der Waals surface area contributed by atoms with Gasteiger partial charge in [-0.2, -0.15) is 0 Å². The number of amides is 1. The predicted octanol–water partition coefficient (Wildman–Crippen LogP) is 3.30. The van der Waals surface area contributed by atoms with Crippen molar-refractivity contribution in [3.05, 3.63) is 29.8 Å². The van der Waals surface area contributed by atoms with Crippen LogP contribution in [0.15, 0.2) is 24.3 Å². The first-order valence-corrected chi connectivity index (χ1v) is 7.16. The number of benzene rings is 1. The van der Waals surface area contributed by atoms with Crippen LogP contribution in [0.3, 0.4) is 0 Å². The number of hydrogen-bond donors (Lipinski definition) is 1. The van der Waals surface area contributed by atoms with Gasteiger partial charge in [0.2, 0.25) is 5.91 Å². The standard InChI is InChI=1S/C16H23NO3/c1-3-4-5-6-7-12(2)16(19)20-14-10-8-13(9-11-14)15(17)18/h8-12H,3-7H2,1-2H3,(H2,17,18). The molecule has 110 valence electrons. The molecule has 0 radical (unpaired) electrons. The first kappa shape index (κ1) is 16.2. The van der Waals surface area contributed by atoms with E-state index in [2.05, 4.69) is 6.92 Å². The van der Waals surface area contributed by atoms with Gasteiger partial charge in [0.25, 0.3) is 0 Å². The average molecular weight is 277 g/mol. The molecule has 0 heterocycles. The van der Waals surface area contributed by atoms with Crippen LogP contribution in [0.4, 0.5) is 0 Å². The van der Waals surface area contributed by atoms with E-state index in [1.54, 1.807) is 24.3 Å². The number of unbranched alkanes of at least 4 members (excludes halogenated alkanes) is 3. The van der Waals surface area contributed by atoms with Crippen LogP contribution in [0.1, 0.15) is 56.3 Å². The van der Waals surface area contributed by atoms with Crippen molar-refractivity contribution in [1.82, 2.24) is 0 Å². The number of rotatable bonds is 8. The van der Waals surface area contributed by atoms with E-state index < -0.39 is 5.91 Å². The Morgan fingerprint density at radius 2 is 1.80 bits per heavy atom. The molecule has 0 aromatic heterocycles. The summed E-state index contributed by atoms with van der Waals surface area (Å²) in [5.41, 5.74) is 5.55. The molecule has 0 aliphatic heterocycles. The molecule has 0 bridgehead atoms. The van der Waals surface area contributed by atoms with Crippen molar-refractivity contribution in [3.63, 3.8) is 0 Å². The van der Waals surface area contributed by atoms with Gasteiger partial charge in [0, 0.05) is 5.56 Å². The highest BCUT2D eigenvalue weighted by molar-refractivity contribution is 5.92. The van der Waals surface area contributed by atoms with Crippen LogP contribution in [-0.2, 0) is 4.79 Å². The van der Waals surface area contributed by atoms with E-state index >= 15 is 0 Å². The van der Waals surface area contributed by atoms with E-state index in [4.69, 9.17) is 10.5 Å². The highest BCUT2D eigenvalue weighted by atomic mass is 16.5. The maximum Gasteiger partial charge on any atom is 0.314 e. The zero-order chi connectivity index (χ0) is 15.0. The Labute approximate surface area is 120 Å². The number of nitrogens with two attached hydrogens (primary N) is 1.